The lowest BCUT2D eigenvalue weighted by Gasteiger charge is -2.22. The minimum Gasteiger partial charge on any atom is -0.301 e. The van der Waals surface area contributed by atoms with Crippen molar-refractivity contribution in [3.8, 4) is 39.1 Å². The Morgan fingerprint density at radius 1 is 0.606 bits per heavy atom. The monoisotopic (exact) mass is 422 g/mol. The molecule has 0 radical (unpaired) electrons. The lowest BCUT2D eigenvalue weighted by Crippen LogP contribution is -2.14. The van der Waals surface area contributed by atoms with Gasteiger partial charge < -0.3 is 8.97 Å². The summed E-state index contributed by atoms with van der Waals surface area (Å²) in [5.74, 6) is 0. The third-order valence-electron chi connectivity index (χ3n) is 7.91. The number of para-hydroxylation sites is 1. The van der Waals surface area contributed by atoms with E-state index in [1.807, 2.05) is 0 Å². The second-order valence-corrected chi connectivity index (χ2v) is 9.89. The van der Waals surface area contributed by atoms with E-state index in [0.717, 1.165) is 0 Å². The number of hydrogen-bond donors (Lipinski definition) is 0. The van der Waals surface area contributed by atoms with Crippen molar-refractivity contribution in [1.29, 1.82) is 0 Å². The smallest absolute Gasteiger partial charge is 0.130 e. The third-order valence-corrected chi connectivity index (χ3v) is 7.91. The molecule has 0 saturated carbocycles. The van der Waals surface area contributed by atoms with E-state index in [1.54, 1.807) is 0 Å². The largest absolute Gasteiger partial charge is 0.301 e. The number of hydrogen-bond acceptors (Lipinski definition) is 0. The van der Waals surface area contributed by atoms with Crippen LogP contribution in [0, 0.1) is 0 Å². The maximum absolute atomic E-state index is 2.48. The fourth-order valence-electron chi connectivity index (χ4n) is 6.40. The zero-order chi connectivity index (χ0) is 21.9. The molecule has 0 N–H and O–H groups in total. The Hall–Kier alpha value is -4.04. The maximum atomic E-state index is 2.48. The van der Waals surface area contributed by atoms with E-state index < -0.39 is 0 Å². The van der Waals surface area contributed by atoms with E-state index in [2.05, 4.69) is 120 Å². The van der Waals surface area contributed by atoms with Gasteiger partial charge in [-0.3, -0.25) is 0 Å². The van der Waals surface area contributed by atoms with Crippen LogP contribution in [0.2, 0.25) is 0 Å². The number of benzene rings is 4. The fraction of sp³-hybridized carbons (Fsp3) is 0.0968. The lowest BCUT2D eigenvalue weighted by molar-refractivity contribution is 0.660. The predicted octanol–water partition coefficient (Wildman–Crippen LogP) is 7.84. The van der Waals surface area contributed by atoms with E-state index in [1.165, 1.54) is 66.7 Å². The van der Waals surface area contributed by atoms with E-state index in [-0.39, 0.29) is 5.41 Å². The van der Waals surface area contributed by atoms with Gasteiger partial charge in [-0.1, -0.05) is 68.4 Å². The average molecular weight is 423 g/mol. The van der Waals surface area contributed by atoms with E-state index in [9.17, 15) is 0 Å². The van der Waals surface area contributed by atoms with Crippen LogP contribution in [0.5, 0.6) is 0 Å². The van der Waals surface area contributed by atoms with Crippen molar-refractivity contribution in [1.82, 2.24) is 8.97 Å². The molecule has 0 atom stereocenters. The summed E-state index contributed by atoms with van der Waals surface area (Å²) in [5, 5.41) is 1.38. The standard InChI is InChI=1S/C31H22N2/c1-31(2)25-13-7-6-11-20(25)23-17-24-22(18-26(23)31)21-12-8-14-27-28(21)29(24)30-32(15-16-33(27)30)19-9-4-3-5-10-19/h3-18H,1-2H3. The molecule has 2 aliphatic carbocycles. The van der Waals surface area contributed by atoms with E-state index in [4.69, 9.17) is 0 Å². The molecular weight excluding hydrogens is 400 g/mol. The SMILES string of the molecule is CC1(C)c2ccccc2-c2cc3c(cc21)-c1cccc2c1c-3c1n(-c3ccccc3)ccn21. The number of imidazole rings is 1. The molecule has 4 aromatic carbocycles. The molecule has 0 aliphatic heterocycles. The summed E-state index contributed by atoms with van der Waals surface area (Å²) in [7, 11) is 0. The molecule has 0 fully saturated rings. The molecule has 0 unspecified atom stereocenters. The first kappa shape index (κ1) is 17.5. The summed E-state index contributed by atoms with van der Waals surface area (Å²) in [5.41, 5.74) is 14.8. The van der Waals surface area contributed by atoms with Crippen molar-refractivity contribution >= 4 is 16.6 Å². The molecular formula is C31H22N2. The van der Waals surface area contributed by atoms with Gasteiger partial charge in [-0.15, -0.1) is 0 Å². The molecule has 156 valence electrons. The first-order chi connectivity index (χ1) is 16.1. The highest BCUT2D eigenvalue weighted by Gasteiger charge is 2.38. The van der Waals surface area contributed by atoms with E-state index >= 15 is 0 Å². The summed E-state index contributed by atoms with van der Waals surface area (Å²) in [6.07, 6.45) is 4.39. The Bertz CT molecular complexity index is 1780. The van der Waals surface area contributed by atoms with Crippen molar-refractivity contribution in [2.45, 2.75) is 19.3 Å². The van der Waals surface area contributed by atoms with Crippen molar-refractivity contribution in [3.63, 3.8) is 0 Å². The van der Waals surface area contributed by atoms with Crippen molar-refractivity contribution < 1.29 is 0 Å². The molecule has 8 rings (SSSR count). The molecule has 6 aromatic rings. The molecule has 0 amide bonds. The van der Waals surface area contributed by atoms with Gasteiger partial charge in [0.1, 0.15) is 5.65 Å². The van der Waals surface area contributed by atoms with Gasteiger partial charge in [0.05, 0.1) is 5.52 Å². The Labute approximate surface area is 192 Å². The molecule has 0 spiro atoms. The van der Waals surface area contributed by atoms with Gasteiger partial charge in [0.15, 0.2) is 0 Å². The highest BCUT2D eigenvalue weighted by molar-refractivity contribution is 6.21. The Balaban J connectivity index is 1.52. The van der Waals surface area contributed by atoms with Gasteiger partial charge in [-0.25, -0.2) is 0 Å². The Morgan fingerprint density at radius 2 is 1.39 bits per heavy atom. The predicted molar refractivity (Wildman–Crippen MR) is 136 cm³/mol. The third kappa shape index (κ3) is 1.96. The topological polar surface area (TPSA) is 9.34 Å². The molecule has 2 heterocycles. The molecule has 0 saturated heterocycles. The molecule has 2 aromatic heterocycles. The minimum atomic E-state index is 0.00969. The van der Waals surface area contributed by atoms with Crippen molar-refractivity contribution in [2.75, 3.05) is 0 Å². The molecule has 2 heteroatoms. The van der Waals surface area contributed by atoms with Crippen LogP contribution in [0.3, 0.4) is 0 Å². The number of fused-ring (bicyclic) bond motifs is 9. The highest BCUT2D eigenvalue weighted by Crippen LogP contribution is 2.56. The van der Waals surface area contributed by atoms with Gasteiger partial charge in [0.25, 0.3) is 0 Å². The van der Waals surface area contributed by atoms with Crippen LogP contribution in [0.15, 0.2) is 97.3 Å². The van der Waals surface area contributed by atoms with Crippen LogP contribution in [0.1, 0.15) is 25.0 Å². The second-order valence-electron chi connectivity index (χ2n) is 9.89. The normalized spacial score (nSPS) is 14.6. The summed E-state index contributed by atoms with van der Waals surface area (Å²) in [4.78, 5) is 0. The van der Waals surface area contributed by atoms with Crippen LogP contribution in [0.4, 0.5) is 0 Å². The summed E-state index contributed by atoms with van der Waals surface area (Å²) >= 11 is 0. The van der Waals surface area contributed by atoms with Gasteiger partial charge >= 0.3 is 0 Å². The molecule has 2 nitrogen and oxygen atoms in total. The second kappa shape index (κ2) is 5.65. The summed E-state index contributed by atoms with van der Waals surface area (Å²) < 4.78 is 4.69. The number of nitrogens with zero attached hydrogens (tertiary/aromatic N) is 2. The lowest BCUT2D eigenvalue weighted by atomic mass is 9.81. The molecule has 33 heavy (non-hydrogen) atoms. The number of rotatable bonds is 1. The van der Waals surface area contributed by atoms with Crippen LogP contribution in [0.25, 0.3) is 55.6 Å². The van der Waals surface area contributed by atoms with E-state index in [0.29, 0.717) is 0 Å². The Kier molecular flexibility index (Phi) is 3.00. The quantitative estimate of drug-likeness (QED) is 0.255. The number of aromatic nitrogens is 2. The van der Waals surface area contributed by atoms with Gasteiger partial charge in [-0.05, 0) is 69.3 Å². The van der Waals surface area contributed by atoms with Crippen LogP contribution < -0.4 is 0 Å². The molecule has 0 bridgehead atoms. The summed E-state index contributed by atoms with van der Waals surface area (Å²) in [6, 6.07) is 31.3. The minimum absolute atomic E-state index is 0.00969. The maximum Gasteiger partial charge on any atom is 0.130 e. The average Bonchev–Trinajstić information content (AvgIpc) is 3.55. The van der Waals surface area contributed by atoms with Gasteiger partial charge in [-0.2, -0.15) is 0 Å². The zero-order valence-electron chi connectivity index (χ0n) is 18.6. The van der Waals surface area contributed by atoms with Crippen LogP contribution in [-0.2, 0) is 5.41 Å². The van der Waals surface area contributed by atoms with Crippen molar-refractivity contribution in [3.05, 3.63) is 108 Å². The highest BCUT2D eigenvalue weighted by atomic mass is 15.1. The van der Waals surface area contributed by atoms with Crippen molar-refractivity contribution in [2.24, 2.45) is 0 Å². The first-order valence-corrected chi connectivity index (χ1v) is 11.6. The first-order valence-electron chi connectivity index (χ1n) is 11.6. The van der Waals surface area contributed by atoms with Gasteiger partial charge in [0, 0.05) is 34.4 Å². The summed E-state index contributed by atoms with van der Waals surface area (Å²) in [6.45, 7) is 4.72. The van der Waals surface area contributed by atoms with Crippen LogP contribution in [-0.4, -0.2) is 8.97 Å². The fourth-order valence-corrected chi connectivity index (χ4v) is 6.40. The molecule has 2 aliphatic rings. The zero-order valence-corrected chi connectivity index (χ0v) is 18.6. The van der Waals surface area contributed by atoms with Gasteiger partial charge in [0.2, 0.25) is 0 Å². The Morgan fingerprint density at radius 3 is 2.27 bits per heavy atom. The van der Waals surface area contributed by atoms with Crippen LogP contribution >= 0.6 is 0 Å².